The molecule has 0 aliphatic heterocycles. The number of benzene rings is 1. The Morgan fingerprint density at radius 1 is 1.16 bits per heavy atom. The van der Waals surface area contributed by atoms with Crippen molar-refractivity contribution in [2.45, 2.75) is 46.3 Å². The first-order valence-electron chi connectivity index (χ1n) is 7.00. The fourth-order valence-corrected chi connectivity index (χ4v) is 1.68. The molecule has 3 heteroatoms. The van der Waals surface area contributed by atoms with Crippen LogP contribution in [0.1, 0.15) is 44.5 Å². The Labute approximate surface area is 116 Å². The molecule has 19 heavy (non-hydrogen) atoms. The van der Waals surface area contributed by atoms with Crippen molar-refractivity contribution >= 4 is 5.97 Å². The molecule has 106 valence electrons. The summed E-state index contributed by atoms with van der Waals surface area (Å²) >= 11 is 0. The topological polar surface area (TPSA) is 38.3 Å². The van der Waals surface area contributed by atoms with Gasteiger partial charge < -0.3 is 10.1 Å². The van der Waals surface area contributed by atoms with Crippen molar-refractivity contribution in [2.75, 3.05) is 6.54 Å². The summed E-state index contributed by atoms with van der Waals surface area (Å²) in [6, 6.07) is 9.26. The highest BCUT2D eigenvalue weighted by Crippen LogP contribution is 2.07. The van der Waals surface area contributed by atoms with Crippen LogP contribution in [0.5, 0.6) is 0 Å². The van der Waals surface area contributed by atoms with Crippen molar-refractivity contribution in [3.05, 3.63) is 35.9 Å². The molecule has 1 rings (SSSR count). The van der Waals surface area contributed by atoms with Crippen molar-refractivity contribution < 1.29 is 9.53 Å². The number of hydrogen-bond acceptors (Lipinski definition) is 3. The first-order valence-corrected chi connectivity index (χ1v) is 7.00. The molecular formula is C16H25NO2. The molecule has 0 amide bonds. The Morgan fingerprint density at radius 2 is 1.79 bits per heavy atom. The first kappa shape index (κ1) is 15.7. The standard InChI is InChI=1S/C16H25NO2/c1-12(2)10-11-17-13(3)14(4)19-16(18)15-8-6-5-7-9-15/h5-9,12-14,17H,10-11H2,1-4H3/t13-,14-/m0/s1. The molecule has 3 nitrogen and oxygen atoms in total. The number of esters is 1. The van der Waals surface area contributed by atoms with Crippen LogP contribution in [-0.2, 0) is 4.74 Å². The monoisotopic (exact) mass is 263 g/mol. The molecule has 0 aliphatic carbocycles. The average Bonchev–Trinajstić information content (AvgIpc) is 2.39. The predicted molar refractivity (Wildman–Crippen MR) is 78.2 cm³/mol. The number of nitrogens with one attached hydrogen (secondary N) is 1. The minimum absolute atomic E-state index is 0.139. The lowest BCUT2D eigenvalue weighted by atomic mass is 10.1. The SMILES string of the molecule is CC(C)CCN[C@@H](C)[C@H](C)OC(=O)c1ccccc1. The van der Waals surface area contributed by atoms with Crippen LogP contribution in [0, 0.1) is 5.92 Å². The molecule has 0 saturated carbocycles. The number of rotatable bonds is 7. The highest BCUT2D eigenvalue weighted by molar-refractivity contribution is 5.89. The summed E-state index contributed by atoms with van der Waals surface area (Å²) in [5, 5.41) is 3.39. The second-order valence-electron chi connectivity index (χ2n) is 5.40. The fourth-order valence-electron chi connectivity index (χ4n) is 1.68. The summed E-state index contributed by atoms with van der Waals surface area (Å²) < 4.78 is 5.45. The van der Waals surface area contributed by atoms with Gasteiger partial charge in [-0.2, -0.15) is 0 Å². The third-order valence-electron chi connectivity index (χ3n) is 3.19. The van der Waals surface area contributed by atoms with E-state index in [9.17, 15) is 4.79 Å². The van der Waals surface area contributed by atoms with E-state index in [0.717, 1.165) is 13.0 Å². The van der Waals surface area contributed by atoms with Crippen LogP contribution in [0.4, 0.5) is 0 Å². The smallest absolute Gasteiger partial charge is 0.338 e. The van der Waals surface area contributed by atoms with Gasteiger partial charge in [0.25, 0.3) is 0 Å². The van der Waals surface area contributed by atoms with Crippen LogP contribution < -0.4 is 5.32 Å². The van der Waals surface area contributed by atoms with Crippen LogP contribution >= 0.6 is 0 Å². The quantitative estimate of drug-likeness (QED) is 0.767. The van der Waals surface area contributed by atoms with Gasteiger partial charge in [0.05, 0.1) is 5.56 Å². The Morgan fingerprint density at radius 3 is 2.37 bits per heavy atom. The Balaban J connectivity index is 2.37. The van der Waals surface area contributed by atoms with Gasteiger partial charge in [0.2, 0.25) is 0 Å². The van der Waals surface area contributed by atoms with Gasteiger partial charge in [0.15, 0.2) is 0 Å². The first-order chi connectivity index (χ1) is 9.00. The van der Waals surface area contributed by atoms with E-state index in [0.29, 0.717) is 11.5 Å². The van der Waals surface area contributed by atoms with Crippen LogP contribution in [0.2, 0.25) is 0 Å². The molecule has 0 aromatic heterocycles. The maximum atomic E-state index is 11.9. The lowest BCUT2D eigenvalue weighted by Crippen LogP contribution is -2.39. The van der Waals surface area contributed by atoms with E-state index in [1.807, 2.05) is 32.0 Å². The zero-order chi connectivity index (χ0) is 14.3. The largest absolute Gasteiger partial charge is 0.457 e. The number of hydrogen-bond donors (Lipinski definition) is 1. The highest BCUT2D eigenvalue weighted by Gasteiger charge is 2.17. The highest BCUT2D eigenvalue weighted by atomic mass is 16.5. The summed E-state index contributed by atoms with van der Waals surface area (Å²) in [5.41, 5.74) is 0.601. The molecule has 0 radical (unpaired) electrons. The molecule has 1 aromatic carbocycles. The third-order valence-corrected chi connectivity index (χ3v) is 3.19. The van der Waals surface area contributed by atoms with E-state index in [1.165, 1.54) is 0 Å². The van der Waals surface area contributed by atoms with Gasteiger partial charge in [-0.15, -0.1) is 0 Å². The number of carbonyl (C=O) groups excluding carboxylic acids is 1. The van der Waals surface area contributed by atoms with Crippen molar-refractivity contribution in [2.24, 2.45) is 5.92 Å². The molecule has 1 N–H and O–H groups in total. The lowest BCUT2D eigenvalue weighted by Gasteiger charge is -2.22. The fraction of sp³-hybridized carbons (Fsp3) is 0.562. The van der Waals surface area contributed by atoms with E-state index in [1.54, 1.807) is 12.1 Å². The van der Waals surface area contributed by atoms with Crippen molar-refractivity contribution in [1.29, 1.82) is 0 Å². The van der Waals surface area contributed by atoms with Crippen LogP contribution in [0.25, 0.3) is 0 Å². The molecule has 0 spiro atoms. The Hall–Kier alpha value is -1.35. The van der Waals surface area contributed by atoms with Crippen molar-refractivity contribution in [1.82, 2.24) is 5.32 Å². The molecule has 0 aliphatic rings. The van der Waals surface area contributed by atoms with Crippen LogP contribution in [-0.4, -0.2) is 24.7 Å². The minimum Gasteiger partial charge on any atom is -0.457 e. The van der Waals surface area contributed by atoms with E-state index >= 15 is 0 Å². The van der Waals surface area contributed by atoms with Crippen LogP contribution in [0.3, 0.4) is 0 Å². The summed E-state index contributed by atoms with van der Waals surface area (Å²) in [5.74, 6) is 0.424. The average molecular weight is 263 g/mol. The molecule has 0 bridgehead atoms. The maximum absolute atomic E-state index is 11.9. The van der Waals surface area contributed by atoms with Crippen molar-refractivity contribution in [3.63, 3.8) is 0 Å². The zero-order valence-electron chi connectivity index (χ0n) is 12.3. The zero-order valence-corrected chi connectivity index (χ0v) is 12.3. The van der Waals surface area contributed by atoms with E-state index in [-0.39, 0.29) is 18.1 Å². The summed E-state index contributed by atoms with van der Waals surface area (Å²) in [4.78, 5) is 11.9. The Kier molecular flexibility index (Phi) is 6.57. The number of carbonyl (C=O) groups is 1. The van der Waals surface area contributed by atoms with Gasteiger partial charge in [0, 0.05) is 6.04 Å². The normalized spacial score (nSPS) is 14.2. The van der Waals surface area contributed by atoms with Gasteiger partial charge in [-0.1, -0.05) is 32.0 Å². The van der Waals surface area contributed by atoms with Crippen LogP contribution in [0.15, 0.2) is 30.3 Å². The molecule has 2 atom stereocenters. The van der Waals surface area contributed by atoms with E-state index in [2.05, 4.69) is 19.2 Å². The van der Waals surface area contributed by atoms with Gasteiger partial charge in [-0.25, -0.2) is 4.79 Å². The van der Waals surface area contributed by atoms with Crippen molar-refractivity contribution in [3.8, 4) is 0 Å². The van der Waals surface area contributed by atoms with Gasteiger partial charge in [0.1, 0.15) is 6.10 Å². The predicted octanol–water partition coefficient (Wildman–Crippen LogP) is 3.26. The Bertz CT molecular complexity index is 376. The second kappa shape index (κ2) is 7.95. The molecule has 0 fully saturated rings. The molecular weight excluding hydrogens is 238 g/mol. The molecule has 0 saturated heterocycles. The summed E-state index contributed by atoms with van der Waals surface area (Å²) in [7, 11) is 0. The molecule has 0 unspecified atom stereocenters. The maximum Gasteiger partial charge on any atom is 0.338 e. The van der Waals surface area contributed by atoms with Gasteiger partial charge in [-0.3, -0.25) is 0 Å². The second-order valence-corrected chi connectivity index (χ2v) is 5.40. The van der Waals surface area contributed by atoms with E-state index < -0.39 is 0 Å². The van der Waals surface area contributed by atoms with E-state index in [4.69, 9.17) is 4.74 Å². The third kappa shape index (κ3) is 5.88. The lowest BCUT2D eigenvalue weighted by molar-refractivity contribution is 0.0267. The summed E-state index contributed by atoms with van der Waals surface area (Å²) in [6.07, 6.45) is 0.990. The molecule has 1 aromatic rings. The molecule has 0 heterocycles. The van der Waals surface area contributed by atoms with Gasteiger partial charge in [-0.05, 0) is 44.9 Å². The van der Waals surface area contributed by atoms with Gasteiger partial charge >= 0.3 is 5.97 Å². The summed E-state index contributed by atoms with van der Waals surface area (Å²) in [6.45, 7) is 9.32. The minimum atomic E-state index is -0.259. The number of ether oxygens (including phenoxy) is 1.